The number of thioether (sulfide) groups is 2. The SMILES string of the molecule is Cc1nnc(SCC2=C(C(=O)O)N3C(=O)C(NC(=O)[C@H](N)c4ccc(O)cc4)[C@H]3SC2)o1. The molecule has 32 heavy (non-hydrogen) atoms. The highest BCUT2D eigenvalue weighted by Crippen LogP contribution is 2.41. The highest BCUT2D eigenvalue weighted by atomic mass is 32.2. The number of rotatable bonds is 7. The summed E-state index contributed by atoms with van der Waals surface area (Å²) >= 11 is 2.56. The summed E-state index contributed by atoms with van der Waals surface area (Å²) in [4.78, 5) is 38.4. The van der Waals surface area contributed by atoms with E-state index in [1.165, 1.54) is 52.7 Å². The maximum atomic E-state index is 12.8. The number of carbonyl (C=O) groups excluding carboxylic acids is 2. The lowest BCUT2D eigenvalue weighted by Gasteiger charge is -2.49. The van der Waals surface area contributed by atoms with Gasteiger partial charge in [-0.25, -0.2) is 4.79 Å². The van der Waals surface area contributed by atoms with Crippen LogP contribution in [0.2, 0.25) is 0 Å². The minimum absolute atomic E-state index is 0.0426. The van der Waals surface area contributed by atoms with Gasteiger partial charge in [0.15, 0.2) is 0 Å². The lowest BCUT2D eigenvalue weighted by molar-refractivity contribution is -0.150. The van der Waals surface area contributed by atoms with Gasteiger partial charge in [0.1, 0.15) is 28.9 Å². The molecule has 2 aliphatic heterocycles. The van der Waals surface area contributed by atoms with Crippen LogP contribution in [-0.4, -0.2) is 66.0 Å². The first kappa shape index (κ1) is 22.2. The van der Waals surface area contributed by atoms with Crippen molar-refractivity contribution in [2.75, 3.05) is 11.5 Å². The number of benzene rings is 1. The Morgan fingerprint density at radius 1 is 1.38 bits per heavy atom. The Balaban J connectivity index is 1.45. The van der Waals surface area contributed by atoms with Crippen molar-refractivity contribution in [3.8, 4) is 5.75 Å². The number of aromatic hydroxyl groups is 1. The molecule has 13 heteroatoms. The summed E-state index contributed by atoms with van der Waals surface area (Å²) in [7, 11) is 0. The van der Waals surface area contributed by atoms with Crippen LogP contribution in [0.4, 0.5) is 0 Å². The number of aliphatic carboxylic acids is 1. The number of carboxylic acid groups (broad SMARTS) is 1. The van der Waals surface area contributed by atoms with E-state index in [2.05, 4.69) is 15.5 Å². The Morgan fingerprint density at radius 2 is 2.09 bits per heavy atom. The van der Waals surface area contributed by atoms with E-state index in [4.69, 9.17) is 10.2 Å². The third kappa shape index (κ3) is 4.18. The highest BCUT2D eigenvalue weighted by Gasteiger charge is 2.54. The van der Waals surface area contributed by atoms with Crippen molar-refractivity contribution in [2.24, 2.45) is 5.73 Å². The number of aromatic nitrogens is 2. The molecule has 11 nitrogen and oxygen atoms in total. The molecule has 0 saturated carbocycles. The third-order valence-electron chi connectivity index (χ3n) is 4.96. The van der Waals surface area contributed by atoms with Gasteiger partial charge in [0.25, 0.3) is 11.1 Å². The molecule has 0 radical (unpaired) electrons. The number of phenols is 1. The molecular formula is C19H19N5O6S2. The number of phenolic OH excluding ortho intramolecular Hbond substituents is 1. The number of hydrogen-bond donors (Lipinski definition) is 4. The lowest BCUT2D eigenvalue weighted by Crippen LogP contribution is -2.71. The van der Waals surface area contributed by atoms with Crippen LogP contribution in [0.5, 0.6) is 5.75 Å². The van der Waals surface area contributed by atoms with Crippen molar-refractivity contribution in [1.29, 1.82) is 0 Å². The Kier molecular flexibility index (Phi) is 6.13. The quantitative estimate of drug-likeness (QED) is 0.325. The van der Waals surface area contributed by atoms with Crippen molar-refractivity contribution in [3.63, 3.8) is 0 Å². The predicted octanol–water partition coefficient (Wildman–Crippen LogP) is 0.614. The number of hydrogen-bond acceptors (Lipinski definition) is 10. The van der Waals surface area contributed by atoms with Gasteiger partial charge in [0.05, 0.1) is 0 Å². The molecule has 1 aromatic carbocycles. The maximum absolute atomic E-state index is 12.8. The maximum Gasteiger partial charge on any atom is 0.352 e. The molecule has 2 amide bonds. The molecule has 1 unspecified atom stereocenters. The summed E-state index contributed by atoms with van der Waals surface area (Å²) < 4.78 is 5.29. The molecule has 2 aliphatic rings. The Bertz CT molecular complexity index is 1100. The molecule has 2 aromatic rings. The van der Waals surface area contributed by atoms with Gasteiger partial charge < -0.3 is 25.7 Å². The molecule has 1 fully saturated rings. The second-order valence-corrected chi connectivity index (χ2v) is 9.13. The standard InChI is InChI=1S/C19H19N5O6S2/c1-8-22-23-19(30-8)32-7-10-6-31-17-13(16(27)24(17)14(10)18(28)29)21-15(26)12(20)9-2-4-11(25)5-3-9/h2-5,12-13,17,25H,6-7,20H2,1H3,(H,21,26)(H,28,29)/t12-,13?,17-/m1/s1. The molecule has 0 spiro atoms. The first-order valence-electron chi connectivity index (χ1n) is 9.44. The van der Waals surface area contributed by atoms with Gasteiger partial charge in [-0.1, -0.05) is 23.9 Å². The van der Waals surface area contributed by atoms with Gasteiger partial charge in [-0.15, -0.1) is 22.0 Å². The highest BCUT2D eigenvalue weighted by molar-refractivity contribution is 8.01. The molecule has 1 saturated heterocycles. The topological polar surface area (TPSA) is 172 Å². The zero-order chi connectivity index (χ0) is 23.0. The molecule has 0 aliphatic carbocycles. The van der Waals surface area contributed by atoms with Gasteiger partial charge in [0.2, 0.25) is 11.8 Å². The van der Waals surface area contributed by atoms with Crippen molar-refractivity contribution >= 4 is 41.3 Å². The summed E-state index contributed by atoms with van der Waals surface area (Å²) in [5, 5.41) is 29.1. The minimum Gasteiger partial charge on any atom is -0.508 e. The molecule has 3 atom stereocenters. The summed E-state index contributed by atoms with van der Waals surface area (Å²) in [5.74, 6) is -1.21. The molecule has 5 N–H and O–H groups in total. The van der Waals surface area contributed by atoms with Crippen LogP contribution < -0.4 is 11.1 Å². The van der Waals surface area contributed by atoms with E-state index in [0.717, 1.165) is 0 Å². The Labute approximate surface area is 190 Å². The normalized spacial score (nSPS) is 21.1. The monoisotopic (exact) mass is 477 g/mol. The molecule has 168 valence electrons. The number of nitrogens with two attached hydrogens (primary N) is 1. The van der Waals surface area contributed by atoms with Crippen molar-refractivity contribution < 1.29 is 29.0 Å². The van der Waals surface area contributed by atoms with E-state index in [1.807, 2.05) is 0 Å². The zero-order valence-corrected chi connectivity index (χ0v) is 18.4. The fourth-order valence-electron chi connectivity index (χ4n) is 3.36. The van der Waals surface area contributed by atoms with E-state index in [1.54, 1.807) is 6.92 Å². The second-order valence-electron chi connectivity index (χ2n) is 7.10. The number of nitrogens with one attached hydrogen (secondary N) is 1. The largest absolute Gasteiger partial charge is 0.508 e. The zero-order valence-electron chi connectivity index (χ0n) is 16.7. The third-order valence-corrected chi connectivity index (χ3v) is 7.20. The molecule has 4 rings (SSSR count). The summed E-state index contributed by atoms with van der Waals surface area (Å²) in [6, 6.07) is 3.94. The van der Waals surface area contributed by atoms with Crippen molar-refractivity contribution in [1.82, 2.24) is 20.4 Å². The van der Waals surface area contributed by atoms with Gasteiger partial charge in [-0.2, -0.15) is 0 Å². The number of aryl methyl sites for hydroxylation is 1. The number of β-lactam (4-membered cyclic amide) rings is 1. The number of nitrogens with zero attached hydrogens (tertiary/aromatic N) is 3. The van der Waals surface area contributed by atoms with Gasteiger partial charge in [-0.05, 0) is 23.3 Å². The first-order chi connectivity index (χ1) is 15.3. The molecule has 0 bridgehead atoms. The van der Waals surface area contributed by atoms with Gasteiger partial charge in [0, 0.05) is 18.4 Å². The summed E-state index contributed by atoms with van der Waals surface area (Å²) in [5.41, 5.74) is 6.91. The van der Waals surface area contributed by atoms with Gasteiger partial charge >= 0.3 is 5.97 Å². The minimum atomic E-state index is -1.22. The predicted molar refractivity (Wildman–Crippen MR) is 114 cm³/mol. The summed E-state index contributed by atoms with van der Waals surface area (Å²) in [6.45, 7) is 1.65. The number of carbonyl (C=O) groups is 3. The van der Waals surface area contributed by atoms with Crippen LogP contribution in [0.1, 0.15) is 17.5 Å². The lowest BCUT2D eigenvalue weighted by atomic mass is 10.0. The first-order valence-corrected chi connectivity index (χ1v) is 11.5. The Morgan fingerprint density at radius 3 is 2.72 bits per heavy atom. The molecule has 1 aromatic heterocycles. The van der Waals surface area contributed by atoms with Gasteiger partial charge in [-0.3, -0.25) is 14.5 Å². The fourth-order valence-corrected chi connectivity index (χ4v) is 5.65. The smallest absolute Gasteiger partial charge is 0.352 e. The van der Waals surface area contributed by atoms with Crippen LogP contribution in [0.3, 0.4) is 0 Å². The molecule has 3 heterocycles. The number of carboxylic acids is 1. The number of fused-ring (bicyclic) bond motifs is 1. The van der Waals surface area contributed by atoms with Crippen LogP contribution in [0.25, 0.3) is 0 Å². The van der Waals surface area contributed by atoms with E-state index in [0.29, 0.717) is 28.0 Å². The van der Waals surface area contributed by atoms with Crippen LogP contribution in [0, 0.1) is 6.92 Å². The van der Waals surface area contributed by atoms with Crippen LogP contribution in [0.15, 0.2) is 45.2 Å². The van der Waals surface area contributed by atoms with Crippen LogP contribution >= 0.6 is 23.5 Å². The van der Waals surface area contributed by atoms with Crippen molar-refractivity contribution in [2.45, 2.75) is 29.6 Å². The van der Waals surface area contributed by atoms with Crippen molar-refractivity contribution in [3.05, 3.63) is 47.0 Å². The number of amides is 2. The van der Waals surface area contributed by atoms with E-state index in [9.17, 15) is 24.6 Å². The fraction of sp³-hybridized carbons (Fsp3) is 0.316. The van der Waals surface area contributed by atoms with E-state index < -0.39 is 35.2 Å². The van der Waals surface area contributed by atoms with E-state index in [-0.39, 0.29) is 17.2 Å². The van der Waals surface area contributed by atoms with E-state index >= 15 is 0 Å². The Hall–Kier alpha value is -3.03. The average Bonchev–Trinajstić information content (AvgIpc) is 3.20. The second kappa shape index (κ2) is 8.84. The van der Waals surface area contributed by atoms with Crippen LogP contribution in [-0.2, 0) is 14.4 Å². The summed E-state index contributed by atoms with van der Waals surface area (Å²) in [6.07, 6.45) is 0. The average molecular weight is 478 g/mol. The molecular weight excluding hydrogens is 458 g/mol.